The van der Waals surface area contributed by atoms with E-state index in [0.717, 1.165) is 18.4 Å². The average molecular weight is 353 g/mol. The molecule has 1 heterocycles. The Labute approximate surface area is 145 Å². The van der Waals surface area contributed by atoms with E-state index in [1.807, 2.05) is 19.1 Å². The van der Waals surface area contributed by atoms with Crippen LogP contribution >= 0.6 is 23.2 Å². The van der Waals surface area contributed by atoms with E-state index in [-0.39, 0.29) is 5.91 Å². The van der Waals surface area contributed by atoms with Crippen LogP contribution in [-0.4, -0.2) is 29.0 Å². The van der Waals surface area contributed by atoms with Gasteiger partial charge in [0.15, 0.2) is 0 Å². The fourth-order valence-corrected chi connectivity index (χ4v) is 2.46. The number of rotatable bonds is 7. The summed E-state index contributed by atoms with van der Waals surface area (Å²) in [4.78, 5) is 20.0. The van der Waals surface area contributed by atoms with Crippen LogP contribution in [0.15, 0.2) is 30.6 Å². The number of nitrogens with zero attached hydrogens (tertiary/aromatic N) is 2. The number of hydrogen-bond donors (Lipinski definition) is 2. The normalized spacial score (nSPS) is 10.4. The Morgan fingerprint density at radius 1 is 1.17 bits per heavy atom. The molecule has 1 aromatic heterocycles. The third-order valence-electron chi connectivity index (χ3n) is 3.15. The largest absolute Gasteiger partial charge is 0.370 e. The van der Waals surface area contributed by atoms with Crippen molar-refractivity contribution < 1.29 is 4.79 Å². The van der Waals surface area contributed by atoms with Crippen LogP contribution in [0.2, 0.25) is 10.0 Å². The molecule has 0 radical (unpaired) electrons. The summed E-state index contributed by atoms with van der Waals surface area (Å²) in [5.74, 6) is 0.407. The van der Waals surface area contributed by atoms with Crippen molar-refractivity contribution in [3.8, 4) is 0 Å². The van der Waals surface area contributed by atoms with E-state index in [1.165, 1.54) is 6.33 Å². The molecule has 1 aromatic carbocycles. The lowest BCUT2D eigenvalue weighted by molar-refractivity contribution is 0.0948. The lowest BCUT2D eigenvalue weighted by Gasteiger charge is -2.08. The van der Waals surface area contributed by atoms with E-state index in [1.54, 1.807) is 12.1 Å². The molecule has 23 heavy (non-hydrogen) atoms. The van der Waals surface area contributed by atoms with Crippen LogP contribution < -0.4 is 10.6 Å². The van der Waals surface area contributed by atoms with Gasteiger partial charge in [0.1, 0.15) is 17.8 Å². The second kappa shape index (κ2) is 8.70. The fraction of sp³-hybridized carbons (Fsp3) is 0.312. The van der Waals surface area contributed by atoms with Gasteiger partial charge in [0.25, 0.3) is 5.91 Å². The van der Waals surface area contributed by atoms with Gasteiger partial charge in [-0.05, 0) is 30.5 Å². The van der Waals surface area contributed by atoms with Crippen LogP contribution in [0.5, 0.6) is 0 Å². The number of halogens is 2. The Hall–Kier alpha value is -1.85. The molecular formula is C16H18Cl2N4O. The molecule has 2 N–H and O–H groups in total. The minimum Gasteiger partial charge on any atom is -0.370 e. The van der Waals surface area contributed by atoms with Crippen molar-refractivity contribution in [3.05, 3.63) is 51.9 Å². The molecule has 0 aliphatic heterocycles. The van der Waals surface area contributed by atoms with Gasteiger partial charge in [-0.2, -0.15) is 0 Å². The van der Waals surface area contributed by atoms with Crippen molar-refractivity contribution >= 4 is 34.9 Å². The standard InChI is InChI=1S/C16H18Cl2N4O/c1-2-6-20-16(23)14-9-15(22-10-21-14)19-7-5-11-3-4-12(17)8-13(11)18/h3-4,8-10H,2,5-7H2,1H3,(H,20,23)(H,19,21,22). The zero-order valence-corrected chi connectivity index (χ0v) is 14.3. The molecule has 122 valence electrons. The van der Waals surface area contributed by atoms with E-state index in [9.17, 15) is 4.79 Å². The highest BCUT2D eigenvalue weighted by molar-refractivity contribution is 6.35. The highest BCUT2D eigenvalue weighted by Gasteiger charge is 2.08. The number of aromatic nitrogens is 2. The molecule has 0 fully saturated rings. The summed E-state index contributed by atoms with van der Waals surface area (Å²) in [6.45, 7) is 3.25. The number of anilines is 1. The van der Waals surface area contributed by atoms with Gasteiger partial charge in [0.05, 0.1) is 0 Å². The Morgan fingerprint density at radius 2 is 2.00 bits per heavy atom. The molecule has 0 unspecified atom stereocenters. The third kappa shape index (κ3) is 5.37. The summed E-state index contributed by atoms with van der Waals surface area (Å²) in [6.07, 6.45) is 2.97. The number of amides is 1. The maximum absolute atomic E-state index is 11.9. The van der Waals surface area contributed by atoms with Gasteiger partial charge in [-0.1, -0.05) is 36.2 Å². The third-order valence-corrected chi connectivity index (χ3v) is 3.74. The summed E-state index contributed by atoms with van der Waals surface area (Å²) >= 11 is 12.0. The highest BCUT2D eigenvalue weighted by atomic mass is 35.5. The summed E-state index contributed by atoms with van der Waals surface area (Å²) in [7, 11) is 0. The quantitative estimate of drug-likeness (QED) is 0.799. The van der Waals surface area contributed by atoms with Crippen molar-refractivity contribution in [3.63, 3.8) is 0 Å². The lowest BCUT2D eigenvalue weighted by atomic mass is 10.1. The predicted molar refractivity (Wildman–Crippen MR) is 93.3 cm³/mol. The smallest absolute Gasteiger partial charge is 0.270 e. The van der Waals surface area contributed by atoms with E-state index >= 15 is 0 Å². The maximum atomic E-state index is 11.9. The minimum atomic E-state index is -0.196. The van der Waals surface area contributed by atoms with Gasteiger partial charge >= 0.3 is 0 Å². The molecule has 5 nitrogen and oxygen atoms in total. The molecule has 0 atom stereocenters. The molecule has 2 rings (SSSR count). The van der Waals surface area contributed by atoms with Gasteiger partial charge in [-0.3, -0.25) is 4.79 Å². The first-order chi connectivity index (χ1) is 11.1. The molecule has 0 aliphatic rings. The molecule has 2 aromatic rings. The van der Waals surface area contributed by atoms with Gasteiger partial charge < -0.3 is 10.6 Å². The average Bonchev–Trinajstić information content (AvgIpc) is 2.55. The van der Waals surface area contributed by atoms with E-state index in [0.29, 0.717) is 34.6 Å². The van der Waals surface area contributed by atoms with Crippen LogP contribution in [0, 0.1) is 0 Å². The van der Waals surface area contributed by atoms with Crippen LogP contribution in [0.25, 0.3) is 0 Å². The number of nitrogens with one attached hydrogen (secondary N) is 2. The second-order valence-corrected chi connectivity index (χ2v) is 5.80. The maximum Gasteiger partial charge on any atom is 0.270 e. The first kappa shape index (κ1) is 17.5. The van der Waals surface area contributed by atoms with Gasteiger partial charge in [0, 0.05) is 29.2 Å². The first-order valence-corrected chi connectivity index (χ1v) is 8.13. The van der Waals surface area contributed by atoms with E-state index in [2.05, 4.69) is 20.6 Å². The summed E-state index contributed by atoms with van der Waals surface area (Å²) in [6, 6.07) is 7.06. The van der Waals surface area contributed by atoms with E-state index in [4.69, 9.17) is 23.2 Å². The molecule has 0 bridgehead atoms. The molecular weight excluding hydrogens is 335 g/mol. The Balaban J connectivity index is 1.92. The Kier molecular flexibility index (Phi) is 6.62. The lowest BCUT2D eigenvalue weighted by Crippen LogP contribution is -2.25. The SMILES string of the molecule is CCCNC(=O)c1cc(NCCc2ccc(Cl)cc2Cl)ncn1. The van der Waals surface area contributed by atoms with Gasteiger partial charge in [-0.25, -0.2) is 9.97 Å². The van der Waals surface area contributed by atoms with Crippen LogP contribution in [0.1, 0.15) is 29.4 Å². The number of carbonyl (C=O) groups is 1. The van der Waals surface area contributed by atoms with Crippen molar-refractivity contribution in [2.75, 3.05) is 18.4 Å². The number of benzene rings is 1. The van der Waals surface area contributed by atoms with Gasteiger partial charge in [-0.15, -0.1) is 0 Å². The zero-order valence-electron chi connectivity index (χ0n) is 12.8. The van der Waals surface area contributed by atoms with Crippen LogP contribution in [0.3, 0.4) is 0 Å². The number of carbonyl (C=O) groups excluding carboxylic acids is 1. The minimum absolute atomic E-state index is 0.196. The zero-order chi connectivity index (χ0) is 16.7. The van der Waals surface area contributed by atoms with Crippen molar-refractivity contribution in [2.24, 2.45) is 0 Å². The molecule has 0 saturated carbocycles. The summed E-state index contributed by atoms with van der Waals surface area (Å²) in [5, 5.41) is 7.20. The molecule has 1 amide bonds. The predicted octanol–water partition coefficient (Wildman–Crippen LogP) is 3.58. The monoisotopic (exact) mass is 352 g/mol. The Morgan fingerprint density at radius 3 is 2.74 bits per heavy atom. The van der Waals surface area contributed by atoms with Gasteiger partial charge in [0.2, 0.25) is 0 Å². The van der Waals surface area contributed by atoms with Crippen molar-refractivity contribution in [1.29, 1.82) is 0 Å². The second-order valence-electron chi connectivity index (χ2n) is 4.96. The highest BCUT2D eigenvalue weighted by Crippen LogP contribution is 2.21. The van der Waals surface area contributed by atoms with Crippen molar-refractivity contribution in [2.45, 2.75) is 19.8 Å². The Bertz CT molecular complexity index is 679. The van der Waals surface area contributed by atoms with E-state index < -0.39 is 0 Å². The van der Waals surface area contributed by atoms with Crippen LogP contribution in [-0.2, 0) is 6.42 Å². The van der Waals surface area contributed by atoms with Crippen molar-refractivity contribution in [1.82, 2.24) is 15.3 Å². The first-order valence-electron chi connectivity index (χ1n) is 7.38. The van der Waals surface area contributed by atoms with Crippen LogP contribution in [0.4, 0.5) is 5.82 Å². The molecule has 0 aliphatic carbocycles. The molecule has 7 heteroatoms. The fourth-order valence-electron chi connectivity index (χ4n) is 1.96. The molecule has 0 saturated heterocycles. The molecule has 0 spiro atoms. The topological polar surface area (TPSA) is 66.9 Å². The summed E-state index contributed by atoms with van der Waals surface area (Å²) < 4.78 is 0. The number of hydrogen-bond acceptors (Lipinski definition) is 4. The summed E-state index contributed by atoms with van der Waals surface area (Å²) in [5.41, 5.74) is 1.35.